The topological polar surface area (TPSA) is 20.3 Å². The number of hydrogen-bond donors (Lipinski definition) is 0. The van der Waals surface area contributed by atoms with Crippen molar-refractivity contribution < 1.29 is 4.79 Å². The first kappa shape index (κ1) is 11.9. The predicted octanol–water partition coefficient (Wildman–Crippen LogP) is 3.23. The number of alkyl halides is 1. The van der Waals surface area contributed by atoms with Gasteiger partial charge in [-0.25, -0.2) is 0 Å². The van der Waals surface area contributed by atoms with E-state index in [0.717, 1.165) is 23.4 Å². The van der Waals surface area contributed by atoms with E-state index < -0.39 is 0 Å². The van der Waals surface area contributed by atoms with E-state index in [1.807, 2.05) is 29.2 Å². The molecule has 0 aliphatic heterocycles. The number of halogens is 2. The number of carbonyl (C=O) groups is 1. The minimum absolute atomic E-state index is 0.164. The van der Waals surface area contributed by atoms with Crippen LogP contribution >= 0.6 is 27.5 Å². The highest BCUT2D eigenvalue weighted by Gasteiger charge is 2.31. The molecule has 0 atom stereocenters. The average Bonchev–Trinajstić information content (AvgIpc) is 3.11. The smallest absolute Gasteiger partial charge is 0.233 e. The van der Waals surface area contributed by atoms with Gasteiger partial charge >= 0.3 is 0 Å². The molecule has 16 heavy (non-hydrogen) atoms. The molecule has 1 aromatic rings. The lowest BCUT2D eigenvalue weighted by molar-refractivity contribution is -0.129. The van der Waals surface area contributed by atoms with E-state index in [-0.39, 0.29) is 5.91 Å². The van der Waals surface area contributed by atoms with Crippen molar-refractivity contribution in [3.05, 3.63) is 34.9 Å². The van der Waals surface area contributed by atoms with E-state index in [1.54, 1.807) is 0 Å². The summed E-state index contributed by atoms with van der Waals surface area (Å²) in [5, 5.41) is 1.13. The van der Waals surface area contributed by atoms with Gasteiger partial charge in [0.05, 0.1) is 5.33 Å². The zero-order valence-electron chi connectivity index (χ0n) is 8.83. The predicted molar refractivity (Wildman–Crippen MR) is 68.8 cm³/mol. The Morgan fingerprint density at radius 2 is 2.00 bits per heavy atom. The fourth-order valence-corrected chi connectivity index (χ4v) is 2.12. The highest BCUT2D eigenvalue weighted by atomic mass is 79.9. The van der Waals surface area contributed by atoms with Crippen molar-refractivity contribution in [1.82, 2.24) is 4.90 Å². The van der Waals surface area contributed by atoms with Crippen molar-refractivity contribution in [2.75, 3.05) is 5.33 Å². The lowest BCUT2D eigenvalue weighted by Gasteiger charge is -2.21. The molecule has 0 bridgehead atoms. The van der Waals surface area contributed by atoms with Crippen LogP contribution in [-0.2, 0) is 11.3 Å². The lowest BCUT2D eigenvalue weighted by atomic mass is 10.2. The molecule has 1 fully saturated rings. The third-order valence-electron chi connectivity index (χ3n) is 2.69. The molecule has 4 heteroatoms. The maximum Gasteiger partial charge on any atom is 0.233 e. The average molecular weight is 303 g/mol. The summed E-state index contributed by atoms with van der Waals surface area (Å²) in [6.45, 7) is 0.687. The van der Waals surface area contributed by atoms with E-state index >= 15 is 0 Å². The van der Waals surface area contributed by atoms with Crippen molar-refractivity contribution >= 4 is 33.4 Å². The molecule has 1 aliphatic carbocycles. The molecule has 0 unspecified atom stereocenters. The molecule has 86 valence electrons. The molecule has 2 nitrogen and oxygen atoms in total. The van der Waals surface area contributed by atoms with Crippen molar-refractivity contribution in [3.8, 4) is 0 Å². The second-order valence-electron chi connectivity index (χ2n) is 4.01. The molecule has 2 rings (SSSR count). The maximum absolute atomic E-state index is 11.7. The number of carbonyl (C=O) groups excluding carboxylic acids is 1. The minimum atomic E-state index is 0.164. The van der Waals surface area contributed by atoms with Crippen LogP contribution in [0.3, 0.4) is 0 Å². The Morgan fingerprint density at radius 1 is 1.38 bits per heavy atom. The first-order valence-corrected chi connectivity index (χ1v) is 6.80. The second kappa shape index (κ2) is 5.19. The van der Waals surface area contributed by atoms with Crippen molar-refractivity contribution in [3.63, 3.8) is 0 Å². The lowest BCUT2D eigenvalue weighted by Crippen LogP contribution is -2.33. The van der Waals surface area contributed by atoms with Gasteiger partial charge < -0.3 is 4.90 Å². The molecule has 1 aromatic carbocycles. The van der Waals surface area contributed by atoms with Crippen molar-refractivity contribution in [2.45, 2.75) is 25.4 Å². The third-order valence-corrected chi connectivity index (χ3v) is 3.42. The Balaban J connectivity index is 2.05. The van der Waals surface area contributed by atoms with Gasteiger partial charge in [-0.05, 0) is 30.5 Å². The first-order chi connectivity index (χ1) is 7.70. The van der Waals surface area contributed by atoms with E-state index in [4.69, 9.17) is 11.6 Å². The fraction of sp³-hybridized carbons (Fsp3) is 0.417. The van der Waals surface area contributed by atoms with E-state index in [0.29, 0.717) is 17.9 Å². The summed E-state index contributed by atoms with van der Waals surface area (Å²) in [5.41, 5.74) is 1.13. The van der Waals surface area contributed by atoms with Crippen LogP contribution in [0.2, 0.25) is 5.02 Å². The number of rotatable bonds is 4. The van der Waals surface area contributed by atoms with Crippen molar-refractivity contribution in [1.29, 1.82) is 0 Å². The highest BCUT2D eigenvalue weighted by molar-refractivity contribution is 9.09. The molecule has 1 saturated carbocycles. The Hall–Kier alpha value is -0.540. The first-order valence-electron chi connectivity index (χ1n) is 5.30. The summed E-state index contributed by atoms with van der Waals surface area (Å²) in [7, 11) is 0. The molecule has 0 N–H and O–H groups in total. The normalized spacial score (nSPS) is 14.9. The zero-order valence-corrected chi connectivity index (χ0v) is 11.2. The summed E-state index contributed by atoms with van der Waals surface area (Å²) in [4.78, 5) is 13.7. The molecular weight excluding hydrogens is 289 g/mol. The summed E-state index contributed by atoms with van der Waals surface area (Å²) in [6, 6.07) is 8.11. The second-order valence-corrected chi connectivity index (χ2v) is 5.01. The maximum atomic E-state index is 11.7. The fourth-order valence-electron chi connectivity index (χ4n) is 1.67. The minimum Gasteiger partial charge on any atom is -0.335 e. The van der Waals surface area contributed by atoms with Crippen LogP contribution in [0.4, 0.5) is 0 Å². The highest BCUT2D eigenvalue weighted by Crippen LogP contribution is 2.28. The van der Waals surface area contributed by atoms with Gasteiger partial charge in [-0.1, -0.05) is 39.7 Å². The van der Waals surface area contributed by atoms with Crippen LogP contribution in [0, 0.1) is 0 Å². The van der Waals surface area contributed by atoms with Gasteiger partial charge in [0.2, 0.25) is 5.91 Å². The van der Waals surface area contributed by atoms with Gasteiger partial charge in [0, 0.05) is 17.6 Å². The van der Waals surface area contributed by atoms with Gasteiger partial charge in [0.1, 0.15) is 0 Å². The molecular formula is C12H13BrClNO. The number of nitrogens with zero attached hydrogens (tertiary/aromatic N) is 1. The number of amides is 1. The van der Waals surface area contributed by atoms with E-state index in [1.165, 1.54) is 0 Å². The Bertz CT molecular complexity index is 375. The Kier molecular flexibility index (Phi) is 3.87. The van der Waals surface area contributed by atoms with E-state index in [2.05, 4.69) is 15.9 Å². The van der Waals surface area contributed by atoms with Crippen LogP contribution < -0.4 is 0 Å². The summed E-state index contributed by atoms with van der Waals surface area (Å²) in [5.74, 6) is 0.164. The largest absolute Gasteiger partial charge is 0.335 e. The summed E-state index contributed by atoms with van der Waals surface area (Å²) < 4.78 is 0. The molecule has 0 aromatic heterocycles. The quantitative estimate of drug-likeness (QED) is 0.782. The third kappa shape index (κ3) is 2.98. The number of hydrogen-bond acceptors (Lipinski definition) is 1. The molecule has 1 aliphatic rings. The molecule has 0 saturated heterocycles. The Morgan fingerprint density at radius 3 is 2.50 bits per heavy atom. The Labute approximate surface area is 109 Å². The van der Waals surface area contributed by atoms with Crippen LogP contribution in [0.25, 0.3) is 0 Å². The van der Waals surface area contributed by atoms with Crippen LogP contribution in [0.15, 0.2) is 24.3 Å². The standard InChI is InChI=1S/C12H13BrClNO/c13-7-12(16)15(11-5-6-11)8-9-1-3-10(14)4-2-9/h1-4,11H,5-8H2. The van der Waals surface area contributed by atoms with Crippen LogP contribution in [-0.4, -0.2) is 22.2 Å². The molecule has 1 amide bonds. The summed E-state index contributed by atoms with van der Waals surface area (Å²) >= 11 is 9.05. The zero-order chi connectivity index (χ0) is 11.5. The monoisotopic (exact) mass is 301 g/mol. The number of benzene rings is 1. The molecule has 0 radical (unpaired) electrons. The van der Waals surface area contributed by atoms with E-state index in [9.17, 15) is 4.79 Å². The van der Waals surface area contributed by atoms with Crippen LogP contribution in [0.5, 0.6) is 0 Å². The summed E-state index contributed by atoms with van der Waals surface area (Å²) in [6.07, 6.45) is 2.26. The van der Waals surface area contributed by atoms with Crippen molar-refractivity contribution in [2.24, 2.45) is 0 Å². The van der Waals surface area contributed by atoms with Gasteiger partial charge in [0.15, 0.2) is 0 Å². The van der Waals surface area contributed by atoms with Crippen LogP contribution in [0.1, 0.15) is 18.4 Å². The molecule has 0 spiro atoms. The van der Waals surface area contributed by atoms with Gasteiger partial charge in [-0.2, -0.15) is 0 Å². The molecule has 0 heterocycles. The van der Waals surface area contributed by atoms with Gasteiger partial charge in [-0.15, -0.1) is 0 Å². The SMILES string of the molecule is O=C(CBr)N(Cc1ccc(Cl)cc1)C1CC1. The van der Waals surface area contributed by atoms with Gasteiger partial charge in [0.25, 0.3) is 0 Å². The van der Waals surface area contributed by atoms with Gasteiger partial charge in [-0.3, -0.25) is 4.79 Å².